The number of piperazine rings is 1. The molecule has 8 rings (SSSR count). The molecule has 26 nitrogen and oxygen atoms in total. The van der Waals surface area contributed by atoms with Crippen LogP contribution in [0.15, 0.2) is 66.7 Å². The summed E-state index contributed by atoms with van der Waals surface area (Å²) in [5.41, 5.74) is 14.6. The Labute approximate surface area is 512 Å². The largest absolute Gasteiger partial charge is 0.504 e. The normalized spacial score (nSPS) is 29.3. The van der Waals surface area contributed by atoms with Gasteiger partial charge < -0.3 is 93.2 Å². The average molecular weight is 1230 g/mol. The van der Waals surface area contributed by atoms with Gasteiger partial charge in [-0.2, -0.15) is 0 Å². The molecule has 1 saturated carbocycles. The molecule has 4 saturated heterocycles. The number of hydrogen-bond donors (Lipinski definition) is 14. The first-order valence-corrected chi connectivity index (χ1v) is 30.8. The van der Waals surface area contributed by atoms with Crippen LogP contribution in [0.1, 0.15) is 88.1 Å². The number of phenolic OH excluding ortho intramolecular Hbond substituents is 1. The van der Waals surface area contributed by atoms with Gasteiger partial charge in [-0.15, -0.1) is 0 Å². The molecule has 26 heteroatoms. The molecule has 4 aliphatic heterocycles. The number of ether oxygens (including phenoxy) is 1. The molecule has 16 N–H and O–H groups in total. The van der Waals surface area contributed by atoms with Gasteiger partial charge in [0.15, 0.2) is 11.5 Å². The molecule has 7 amide bonds. The molecule has 1 aliphatic carbocycles. The quantitative estimate of drug-likeness (QED) is 0.0723. The van der Waals surface area contributed by atoms with Crippen LogP contribution >= 0.6 is 0 Å². The van der Waals surface area contributed by atoms with Crippen LogP contribution in [0.25, 0.3) is 11.1 Å². The predicted molar refractivity (Wildman–Crippen MR) is 323 cm³/mol. The summed E-state index contributed by atoms with van der Waals surface area (Å²) < 4.78 is 5.52. The molecule has 88 heavy (non-hydrogen) atoms. The number of carbonyl (C=O) groups excluding carboxylic acids is 7. The number of nitrogens with zero attached hydrogens (tertiary/aromatic N) is 4. The lowest BCUT2D eigenvalue weighted by Gasteiger charge is -2.42. The van der Waals surface area contributed by atoms with Crippen molar-refractivity contribution < 1.29 is 74.0 Å². The molecule has 3 aromatic carbocycles. The number of aliphatic hydroxyl groups is 6. The van der Waals surface area contributed by atoms with Crippen LogP contribution in [-0.2, 0) is 35.2 Å². The first-order chi connectivity index (χ1) is 42.1. The Morgan fingerprint density at radius 1 is 0.716 bits per heavy atom. The monoisotopic (exact) mass is 1230 g/mol. The maximum Gasteiger partial charge on any atom is 0.251 e. The van der Waals surface area contributed by atoms with Crippen molar-refractivity contribution in [2.45, 2.75) is 157 Å². The lowest BCUT2D eigenvalue weighted by molar-refractivity contribution is -0.147. The number of hydrogen-bond acceptors (Lipinski definition) is 19. The lowest BCUT2D eigenvalue weighted by Crippen LogP contribution is -2.64. The second-order valence-electron chi connectivity index (χ2n) is 24.2. The van der Waals surface area contributed by atoms with E-state index in [1.807, 2.05) is 12.1 Å². The van der Waals surface area contributed by atoms with E-state index in [0.717, 1.165) is 58.7 Å². The van der Waals surface area contributed by atoms with E-state index in [0.29, 0.717) is 6.04 Å². The molecule has 4 heterocycles. The number of phenols is 1. The fourth-order valence-electron chi connectivity index (χ4n) is 12.8. The van der Waals surface area contributed by atoms with Crippen molar-refractivity contribution in [1.29, 1.82) is 0 Å². The number of aromatic hydroxyl groups is 1. The van der Waals surface area contributed by atoms with Gasteiger partial charge in [-0.05, 0) is 105 Å². The second-order valence-corrected chi connectivity index (χ2v) is 24.2. The van der Waals surface area contributed by atoms with Crippen molar-refractivity contribution in [1.82, 2.24) is 41.3 Å². The number of rotatable bonds is 16. The minimum Gasteiger partial charge on any atom is -0.504 e. The summed E-state index contributed by atoms with van der Waals surface area (Å²) in [6, 6.07) is 8.61. The highest BCUT2D eigenvalue weighted by atomic mass is 16.5. The van der Waals surface area contributed by atoms with Gasteiger partial charge in [0, 0.05) is 94.8 Å². The van der Waals surface area contributed by atoms with Gasteiger partial charge in [-0.3, -0.25) is 38.5 Å². The van der Waals surface area contributed by atoms with Crippen LogP contribution in [0.3, 0.4) is 0 Å². The zero-order valence-corrected chi connectivity index (χ0v) is 50.3. The van der Waals surface area contributed by atoms with Gasteiger partial charge in [-0.25, -0.2) is 0 Å². The lowest BCUT2D eigenvalue weighted by atomic mass is 9.84. The molecule has 3 aromatic rings. The number of nitrogens with two attached hydrogens (primary N) is 2. The highest BCUT2D eigenvalue weighted by Gasteiger charge is 2.50. The maximum absolute atomic E-state index is 14.7. The zero-order chi connectivity index (χ0) is 63.5. The van der Waals surface area contributed by atoms with Gasteiger partial charge in [0.1, 0.15) is 42.9 Å². The first kappa shape index (κ1) is 66.9. The van der Waals surface area contributed by atoms with E-state index in [1.165, 1.54) is 57.2 Å². The third kappa shape index (κ3) is 16.2. The third-order valence-electron chi connectivity index (χ3n) is 18.0. The average Bonchev–Trinajstić information content (AvgIpc) is 3.38. The van der Waals surface area contributed by atoms with Crippen molar-refractivity contribution in [2.24, 2.45) is 23.3 Å². The van der Waals surface area contributed by atoms with E-state index in [4.69, 9.17) is 16.2 Å². The number of amides is 7. The number of nitrogens with one attached hydrogen (secondary N) is 5. The summed E-state index contributed by atoms with van der Waals surface area (Å²) in [6.45, 7) is 7.35. The number of aliphatic hydroxyl groups excluding tert-OH is 6. The van der Waals surface area contributed by atoms with Crippen LogP contribution in [0.5, 0.6) is 11.5 Å². The topological polar surface area (TPSA) is 395 Å². The van der Waals surface area contributed by atoms with Crippen molar-refractivity contribution in [3.8, 4) is 22.6 Å². The molecule has 0 aromatic heterocycles. The summed E-state index contributed by atoms with van der Waals surface area (Å²) in [4.78, 5) is 108. The minimum atomic E-state index is -2.03. The molecular weight excluding hydrogens is 1140 g/mol. The van der Waals surface area contributed by atoms with E-state index >= 15 is 0 Å². The molecule has 0 spiro atoms. The highest BCUT2D eigenvalue weighted by Crippen LogP contribution is 2.33. The van der Waals surface area contributed by atoms with Crippen molar-refractivity contribution >= 4 is 47.0 Å². The van der Waals surface area contributed by atoms with Gasteiger partial charge in [-0.1, -0.05) is 50.6 Å². The first-order valence-electron chi connectivity index (χ1n) is 30.8. The van der Waals surface area contributed by atoms with Crippen LogP contribution in [0.2, 0.25) is 0 Å². The van der Waals surface area contributed by atoms with E-state index in [9.17, 15) is 69.3 Å². The Kier molecular flexibility index (Phi) is 23.2. The summed E-state index contributed by atoms with van der Waals surface area (Å²) in [5.74, 6) is -7.62. The molecule has 13 atom stereocenters. The summed E-state index contributed by atoms with van der Waals surface area (Å²) in [6.07, 6.45) is -5.29. The van der Waals surface area contributed by atoms with Gasteiger partial charge >= 0.3 is 0 Å². The summed E-state index contributed by atoms with van der Waals surface area (Å²) >= 11 is 0. The van der Waals surface area contributed by atoms with Gasteiger partial charge in [0.25, 0.3) is 5.91 Å². The maximum atomic E-state index is 14.7. The van der Waals surface area contributed by atoms with Crippen molar-refractivity contribution in [2.75, 3.05) is 70.4 Å². The van der Waals surface area contributed by atoms with E-state index < -0.39 is 152 Å². The Hall–Kier alpha value is -7.01. The SMILES string of the molecule is CCC1CCC(N2CCN(c3ccc(-c4ccc(C(=O)N[C@H]5C[C@@H](O)CNC(=O)[C@@H]6[C@@H](O)[C@@H](C)CN6C(=O)[C@H]([C@H](O)CCN)NC(=O)[C@H]([C@H](O)Cc6ccc(O)c(OCCN)c6)NC(=O)[C@@H]6C[C@@H](O)CN6C(=O)[C@H]([C@@H](C)O)NC5=O)cc4)cc3)CC2)CC1. The Morgan fingerprint density at radius 3 is 1.99 bits per heavy atom. The van der Waals surface area contributed by atoms with E-state index in [1.54, 1.807) is 31.2 Å². The number of fused-ring (bicyclic) bond motifs is 2. The van der Waals surface area contributed by atoms with Crippen LogP contribution in [0.4, 0.5) is 5.69 Å². The van der Waals surface area contributed by atoms with E-state index in [2.05, 4.69) is 55.4 Å². The fourth-order valence-corrected chi connectivity index (χ4v) is 12.8. The van der Waals surface area contributed by atoms with E-state index in [-0.39, 0.29) is 55.3 Å². The zero-order valence-electron chi connectivity index (χ0n) is 50.3. The third-order valence-corrected chi connectivity index (χ3v) is 18.0. The molecular formula is C62H89N11O15. The predicted octanol–water partition coefficient (Wildman–Crippen LogP) is -2.22. The molecule has 482 valence electrons. The van der Waals surface area contributed by atoms with Crippen molar-refractivity contribution in [3.05, 3.63) is 77.9 Å². The summed E-state index contributed by atoms with van der Waals surface area (Å²) in [5, 5.41) is 91.4. The molecule has 5 fully saturated rings. The van der Waals surface area contributed by atoms with Gasteiger partial charge in [0.05, 0.1) is 36.6 Å². The second kappa shape index (κ2) is 30.5. The molecule has 0 radical (unpaired) electrons. The highest BCUT2D eigenvalue weighted by molar-refractivity contribution is 6.00. The smallest absolute Gasteiger partial charge is 0.251 e. The van der Waals surface area contributed by atoms with Crippen molar-refractivity contribution in [3.63, 3.8) is 0 Å². The van der Waals surface area contributed by atoms with Gasteiger partial charge in [0.2, 0.25) is 35.4 Å². The number of carbonyl (C=O) groups is 7. The fraction of sp³-hybridized carbons (Fsp3) is 0.597. The standard InChI is InChI=1S/C62H89N11O15/c1-4-36-5-14-41(15-6-36)70-22-24-71(25-23-70)42-16-12-39(13-17-42)38-8-10-40(11-9-38)56(81)66-45-29-43(75)31-65-60(85)54-55(80)34(2)32-73(54)62(87)53(48(78)19-20-63)69-59(84)52(49(79)27-37-7-18-47(77)50(28-37)88-26-21-64)68-58(83)46-30-44(76)33-72(46)61(86)51(35(3)74)67-57(45)82/h7-13,16-18,28,34-36,41,43-46,48-49,51-55,74-80H,4-6,14-15,19-27,29-33,63-64H2,1-3H3,(H,65,85)(H,66,81)(H,67,82)(H,68,83)(H,69,84)/t34-,35+,36?,41?,43+,44+,45-,46-,48+,49+,51-,52-,53-,54-,55-/m0/s1. The Balaban J connectivity index is 1.04. The minimum absolute atomic E-state index is 0.00171. The summed E-state index contributed by atoms with van der Waals surface area (Å²) in [7, 11) is 0. The molecule has 0 unspecified atom stereocenters. The number of β-amino-alcohol motifs (C(OH)–C–C–N with tert-alkyl or cyclic N) is 1. The Bertz CT molecular complexity index is 2890. The van der Waals surface area contributed by atoms with Crippen LogP contribution in [-0.4, -0.2) is 236 Å². The Morgan fingerprint density at radius 2 is 1.35 bits per heavy atom. The molecule has 5 aliphatic rings. The number of anilines is 1. The van der Waals surface area contributed by atoms with Crippen LogP contribution < -0.4 is 47.7 Å². The van der Waals surface area contributed by atoms with Crippen LogP contribution in [0, 0.1) is 11.8 Å². The molecule has 0 bridgehead atoms. The number of benzene rings is 3.